The lowest BCUT2D eigenvalue weighted by molar-refractivity contribution is 0.386. The first-order valence-electron chi connectivity index (χ1n) is 5.05. The summed E-state index contributed by atoms with van der Waals surface area (Å²) in [5.41, 5.74) is 6.81. The van der Waals surface area contributed by atoms with Crippen LogP contribution in [0.15, 0.2) is 6.20 Å². The molecule has 88 valence electrons. The first-order valence-corrected chi connectivity index (χ1v) is 5.05. The summed E-state index contributed by atoms with van der Waals surface area (Å²) < 4.78 is 2.27. The van der Waals surface area contributed by atoms with E-state index in [4.69, 9.17) is 5.73 Å². The average Bonchev–Trinajstić information content (AvgIpc) is 2.33. The fourth-order valence-electron chi connectivity index (χ4n) is 1.89. The van der Waals surface area contributed by atoms with Gasteiger partial charge in [0.2, 0.25) is 0 Å². The molecule has 0 spiro atoms. The molecule has 5 heteroatoms. The van der Waals surface area contributed by atoms with Gasteiger partial charge in [0, 0.05) is 30.9 Å². The Morgan fingerprint density at radius 1 is 1.47 bits per heavy atom. The molecule has 0 unspecified atom stereocenters. The number of imidazole rings is 1. The van der Waals surface area contributed by atoms with Crippen molar-refractivity contribution in [3.8, 4) is 0 Å². The SMILES string of the molecule is Cc1cnc(C2CCC2)n1CCN.Cl.Cl. The normalized spacial score (nSPS) is 15.1. The average molecular weight is 252 g/mol. The quantitative estimate of drug-likeness (QED) is 0.896. The highest BCUT2D eigenvalue weighted by Crippen LogP contribution is 2.35. The van der Waals surface area contributed by atoms with E-state index in [2.05, 4.69) is 16.5 Å². The van der Waals surface area contributed by atoms with Gasteiger partial charge in [-0.1, -0.05) is 6.42 Å². The number of halogens is 2. The lowest BCUT2D eigenvalue weighted by atomic mass is 9.85. The standard InChI is InChI=1S/C10H17N3.2ClH/c1-8-7-12-10(9-3-2-4-9)13(8)6-5-11;;/h7,9H,2-6,11H2,1H3;2*1H. The summed E-state index contributed by atoms with van der Waals surface area (Å²) >= 11 is 0. The van der Waals surface area contributed by atoms with Gasteiger partial charge in [-0.25, -0.2) is 4.98 Å². The van der Waals surface area contributed by atoms with E-state index in [0.717, 1.165) is 6.54 Å². The van der Waals surface area contributed by atoms with Crippen molar-refractivity contribution < 1.29 is 0 Å². The fourth-order valence-corrected chi connectivity index (χ4v) is 1.89. The molecule has 0 bridgehead atoms. The summed E-state index contributed by atoms with van der Waals surface area (Å²) in [6.07, 6.45) is 5.94. The molecule has 2 rings (SSSR count). The van der Waals surface area contributed by atoms with Crippen LogP contribution in [0.25, 0.3) is 0 Å². The van der Waals surface area contributed by atoms with Gasteiger partial charge in [-0.15, -0.1) is 24.8 Å². The second-order valence-corrected chi connectivity index (χ2v) is 3.83. The number of hydrogen-bond acceptors (Lipinski definition) is 2. The largest absolute Gasteiger partial charge is 0.331 e. The predicted molar refractivity (Wildman–Crippen MR) is 67.1 cm³/mol. The van der Waals surface area contributed by atoms with Gasteiger partial charge < -0.3 is 10.3 Å². The zero-order valence-electron chi connectivity index (χ0n) is 8.98. The summed E-state index contributed by atoms with van der Waals surface area (Å²) in [6.45, 7) is 3.72. The van der Waals surface area contributed by atoms with Crippen molar-refractivity contribution in [3.63, 3.8) is 0 Å². The summed E-state index contributed by atoms with van der Waals surface area (Å²) in [6, 6.07) is 0. The van der Waals surface area contributed by atoms with Gasteiger partial charge in [0.25, 0.3) is 0 Å². The molecule has 1 aliphatic rings. The zero-order valence-corrected chi connectivity index (χ0v) is 10.6. The molecule has 0 amide bonds. The number of nitrogens with two attached hydrogens (primary N) is 1. The van der Waals surface area contributed by atoms with Crippen LogP contribution in [0.3, 0.4) is 0 Å². The molecule has 1 fully saturated rings. The zero-order chi connectivity index (χ0) is 9.26. The smallest absolute Gasteiger partial charge is 0.112 e. The third kappa shape index (κ3) is 2.86. The molecule has 1 aliphatic carbocycles. The molecule has 0 saturated heterocycles. The Morgan fingerprint density at radius 2 is 2.13 bits per heavy atom. The van der Waals surface area contributed by atoms with Gasteiger partial charge in [-0.3, -0.25) is 0 Å². The van der Waals surface area contributed by atoms with Crippen LogP contribution < -0.4 is 5.73 Å². The molecule has 15 heavy (non-hydrogen) atoms. The second kappa shape index (κ2) is 6.36. The number of rotatable bonds is 3. The van der Waals surface area contributed by atoms with Crippen molar-refractivity contribution in [2.24, 2.45) is 5.73 Å². The first-order chi connectivity index (χ1) is 6.33. The van der Waals surface area contributed by atoms with Gasteiger partial charge in [0.1, 0.15) is 5.82 Å². The summed E-state index contributed by atoms with van der Waals surface area (Å²) in [4.78, 5) is 4.46. The highest BCUT2D eigenvalue weighted by molar-refractivity contribution is 5.85. The Hall–Kier alpha value is -0.250. The van der Waals surface area contributed by atoms with Crippen LogP contribution in [-0.4, -0.2) is 16.1 Å². The summed E-state index contributed by atoms with van der Waals surface area (Å²) in [5.74, 6) is 1.97. The van der Waals surface area contributed by atoms with Crippen LogP contribution in [0.1, 0.15) is 36.7 Å². The van der Waals surface area contributed by atoms with Crippen molar-refractivity contribution in [1.29, 1.82) is 0 Å². The molecule has 3 nitrogen and oxygen atoms in total. The van der Waals surface area contributed by atoms with E-state index in [1.54, 1.807) is 0 Å². The molecule has 0 aliphatic heterocycles. The fraction of sp³-hybridized carbons (Fsp3) is 0.700. The van der Waals surface area contributed by atoms with E-state index in [9.17, 15) is 0 Å². The van der Waals surface area contributed by atoms with Crippen LogP contribution in [0.2, 0.25) is 0 Å². The van der Waals surface area contributed by atoms with Gasteiger partial charge in [-0.05, 0) is 19.8 Å². The molecule has 1 heterocycles. The molecular weight excluding hydrogens is 233 g/mol. The highest BCUT2D eigenvalue weighted by atomic mass is 35.5. The lowest BCUT2D eigenvalue weighted by Gasteiger charge is -2.25. The van der Waals surface area contributed by atoms with Gasteiger partial charge >= 0.3 is 0 Å². The lowest BCUT2D eigenvalue weighted by Crippen LogP contribution is -2.19. The minimum Gasteiger partial charge on any atom is -0.331 e. The van der Waals surface area contributed by atoms with Crippen molar-refractivity contribution >= 4 is 24.8 Å². The topological polar surface area (TPSA) is 43.8 Å². The number of aromatic nitrogens is 2. The molecule has 1 saturated carbocycles. The van der Waals surface area contributed by atoms with Crippen molar-refractivity contribution in [1.82, 2.24) is 9.55 Å². The van der Waals surface area contributed by atoms with E-state index in [-0.39, 0.29) is 24.8 Å². The Bertz CT molecular complexity index is 295. The maximum absolute atomic E-state index is 5.57. The number of nitrogens with zero attached hydrogens (tertiary/aromatic N) is 2. The molecule has 1 aromatic rings. The third-order valence-electron chi connectivity index (χ3n) is 2.91. The minimum atomic E-state index is 0. The summed E-state index contributed by atoms with van der Waals surface area (Å²) in [5, 5.41) is 0. The van der Waals surface area contributed by atoms with Crippen LogP contribution in [0.5, 0.6) is 0 Å². The summed E-state index contributed by atoms with van der Waals surface area (Å²) in [7, 11) is 0. The van der Waals surface area contributed by atoms with Crippen LogP contribution in [0.4, 0.5) is 0 Å². The Morgan fingerprint density at radius 3 is 2.60 bits per heavy atom. The molecular formula is C10H19Cl2N3. The number of aryl methyl sites for hydroxylation is 1. The number of hydrogen-bond donors (Lipinski definition) is 1. The predicted octanol–water partition coefficient (Wildman–Crippen LogP) is 2.26. The maximum atomic E-state index is 5.57. The molecule has 0 aromatic carbocycles. The van der Waals surface area contributed by atoms with Crippen molar-refractivity contribution in [3.05, 3.63) is 17.7 Å². The van der Waals surface area contributed by atoms with E-state index in [1.807, 2.05) is 6.20 Å². The van der Waals surface area contributed by atoms with Crippen LogP contribution in [-0.2, 0) is 6.54 Å². The van der Waals surface area contributed by atoms with E-state index in [0.29, 0.717) is 12.5 Å². The van der Waals surface area contributed by atoms with Gasteiger partial charge in [-0.2, -0.15) is 0 Å². The van der Waals surface area contributed by atoms with E-state index < -0.39 is 0 Å². The van der Waals surface area contributed by atoms with Gasteiger partial charge in [0.05, 0.1) is 0 Å². The monoisotopic (exact) mass is 251 g/mol. The Kier molecular flexibility index (Phi) is 6.25. The Balaban J connectivity index is 0.000000980. The first kappa shape index (κ1) is 14.8. The van der Waals surface area contributed by atoms with E-state index >= 15 is 0 Å². The minimum absolute atomic E-state index is 0. The van der Waals surface area contributed by atoms with Crippen LogP contribution >= 0.6 is 24.8 Å². The molecule has 2 N–H and O–H groups in total. The third-order valence-corrected chi connectivity index (χ3v) is 2.91. The highest BCUT2D eigenvalue weighted by Gasteiger charge is 2.24. The van der Waals surface area contributed by atoms with Crippen LogP contribution in [0, 0.1) is 6.92 Å². The van der Waals surface area contributed by atoms with Crippen molar-refractivity contribution in [2.75, 3.05) is 6.54 Å². The Labute approximate surface area is 103 Å². The molecule has 1 aromatic heterocycles. The second-order valence-electron chi connectivity index (χ2n) is 3.83. The van der Waals surface area contributed by atoms with Crippen molar-refractivity contribution in [2.45, 2.75) is 38.6 Å². The van der Waals surface area contributed by atoms with E-state index in [1.165, 1.54) is 30.8 Å². The molecule has 0 radical (unpaired) electrons. The molecule has 0 atom stereocenters. The maximum Gasteiger partial charge on any atom is 0.112 e. The van der Waals surface area contributed by atoms with Gasteiger partial charge in [0.15, 0.2) is 0 Å².